The van der Waals surface area contributed by atoms with Gasteiger partial charge < -0.3 is 34.8 Å². The number of nitrogens with one attached hydrogen (secondary N) is 1. The van der Waals surface area contributed by atoms with Gasteiger partial charge in [-0.1, -0.05) is 69.1 Å². The Bertz CT molecular complexity index is 995. The van der Waals surface area contributed by atoms with Gasteiger partial charge in [0, 0.05) is 5.41 Å². The van der Waals surface area contributed by atoms with E-state index in [1.807, 2.05) is 39.5 Å². The summed E-state index contributed by atoms with van der Waals surface area (Å²) in [5.74, 6) is -3.46. The van der Waals surface area contributed by atoms with Gasteiger partial charge in [0.25, 0.3) is 0 Å². The molecule has 0 spiro atoms. The van der Waals surface area contributed by atoms with Crippen LogP contribution in [0.3, 0.4) is 0 Å². The quantitative estimate of drug-likeness (QED) is 0.106. The number of esters is 2. The number of alkyl halides is 1. The van der Waals surface area contributed by atoms with Gasteiger partial charge in [-0.2, -0.15) is 0 Å². The van der Waals surface area contributed by atoms with Crippen molar-refractivity contribution in [2.24, 2.45) is 17.3 Å². The van der Waals surface area contributed by atoms with E-state index in [1.54, 1.807) is 6.92 Å². The molecule has 3 aliphatic heterocycles. The molecular formula is C31H60B2IN2O10-. The third-order valence-corrected chi connectivity index (χ3v) is 8.53. The standard InChI is InChI=1S/C16H27NO5.C11H19NO5.CH3BI.CH3B.2CH4/c1-7-8-10-11(18)17-12(14(2,3)4)22-9-16(17,13(19)21-6)15(10,5)20;1-4-5-7-8(14)12-11(6-13,9(15)17-3)10(7,2)16;1-3-2;1-2;;/h10,12,20H,7-9H2,1-6H3;7,13,16H,4-6H2,1-3H3,(H,12,14);1H3;1H3;2*1H4/q;;-1;;;/t10-,12+,15-,16-;7-,10-,11-;;;;/m11..../s1. The van der Waals surface area contributed by atoms with Crippen molar-refractivity contribution >= 4 is 37.3 Å². The SMILES string of the molecule is C.C.CCC[C@@H]1C(=O)N2[C@H](C(C)(C)C)OC[C@@]2(C(=O)OC)[C@]1(C)O.CCC[C@@H]1C(=O)N[C@](CO)(C(=O)OC)[C@]1(C)O.[B]C.[B][I-]C. The Morgan fingerprint density at radius 2 is 1.43 bits per heavy atom. The summed E-state index contributed by atoms with van der Waals surface area (Å²) >= 11 is 0.0900. The molecule has 4 radical (unpaired) electrons. The molecule has 0 aromatic carbocycles. The van der Waals surface area contributed by atoms with E-state index in [9.17, 15) is 34.5 Å². The molecule has 7 atom stereocenters. The third kappa shape index (κ3) is 8.59. The fourth-order valence-electron chi connectivity index (χ4n) is 6.17. The number of nitrogens with zero attached hydrogens (tertiary/aromatic N) is 1. The summed E-state index contributed by atoms with van der Waals surface area (Å²) in [6, 6.07) is 0. The van der Waals surface area contributed by atoms with Gasteiger partial charge in [-0.15, -0.1) is 0 Å². The van der Waals surface area contributed by atoms with E-state index in [1.165, 1.54) is 25.8 Å². The summed E-state index contributed by atoms with van der Waals surface area (Å²) < 4.78 is 15.3. The van der Waals surface area contributed by atoms with E-state index in [0.717, 1.165) is 13.5 Å². The van der Waals surface area contributed by atoms with E-state index >= 15 is 0 Å². The molecule has 3 rings (SSSR count). The van der Waals surface area contributed by atoms with Gasteiger partial charge >= 0.3 is 43.6 Å². The van der Waals surface area contributed by atoms with E-state index in [2.05, 4.69) is 17.9 Å². The zero-order chi connectivity index (χ0) is 34.9. The van der Waals surface area contributed by atoms with Crippen LogP contribution >= 0.6 is 0 Å². The molecule has 4 N–H and O–H groups in total. The molecule has 0 bridgehead atoms. The molecule has 0 aromatic heterocycles. The number of carbonyl (C=O) groups is 4. The summed E-state index contributed by atoms with van der Waals surface area (Å²) in [6.45, 7) is 13.4. The van der Waals surface area contributed by atoms with E-state index in [-0.39, 0.29) is 53.8 Å². The van der Waals surface area contributed by atoms with Crippen LogP contribution in [-0.4, -0.2) is 118 Å². The Morgan fingerprint density at radius 1 is 1.00 bits per heavy atom. The number of methoxy groups -OCH3 is 2. The molecule has 0 unspecified atom stereocenters. The predicted octanol–water partition coefficient (Wildman–Crippen LogP) is -1.24. The van der Waals surface area contributed by atoms with Crippen LogP contribution in [0.25, 0.3) is 0 Å². The second-order valence-corrected chi connectivity index (χ2v) is 13.6. The minimum absolute atomic E-state index is 0. The first-order valence-electron chi connectivity index (χ1n) is 14.6. The van der Waals surface area contributed by atoms with Crippen LogP contribution in [0.2, 0.25) is 6.82 Å². The van der Waals surface area contributed by atoms with Gasteiger partial charge in [0.15, 0.2) is 11.1 Å². The van der Waals surface area contributed by atoms with Crippen LogP contribution < -0.4 is 26.3 Å². The first-order valence-corrected chi connectivity index (χ1v) is 18.0. The van der Waals surface area contributed by atoms with Gasteiger partial charge in [0.2, 0.25) is 11.8 Å². The summed E-state index contributed by atoms with van der Waals surface area (Å²) in [4.78, 5) is 52.5. The van der Waals surface area contributed by atoms with Crippen LogP contribution in [-0.2, 0) is 33.4 Å². The van der Waals surface area contributed by atoms with Crippen molar-refractivity contribution in [2.75, 3.05) is 32.4 Å². The molecule has 0 aromatic rings. The van der Waals surface area contributed by atoms with Crippen LogP contribution in [0.5, 0.6) is 0 Å². The molecule has 2 amide bonds. The number of aliphatic hydroxyl groups excluding tert-OH is 1. The second kappa shape index (κ2) is 19.5. The normalized spacial score (nSPS) is 32.5. The Kier molecular flexibility index (Phi) is 20.8. The fourth-order valence-corrected chi connectivity index (χ4v) is 6.17. The van der Waals surface area contributed by atoms with Crippen molar-refractivity contribution in [2.45, 2.75) is 124 Å². The van der Waals surface area contributed by atoms with E-state index < -0.39 is 64.8 Å². The molecule has 46 heavy (non-hydrogen) atoms. The zero-order valence-corrected chi connectivity index (χ0v) is 30.3. The molecule has 268 valence electrons. The average molecular weight is 769 g/mol. The average Bonchev–Trinajstić information content (AvgIpc) is 3.53. The molecule has 3 aliphatic rings. The Hall–Kier alpha value is -1.42. The van der Waals surface area contributed by atoms with Gasteiger partial charge in [-0.05, 0) is 26.7 Å². The maximum absolute atomic E-state index is 13.0. The molecule has 15 heteroatoms. The van der Waals surface area contributed by atoms with Crippen molar-refractivity contribution in [3.63, 3.8) is 0 Å². The topological polar surface area (TPSA) is 172 Å². The van der Waals surface area contributed by atoms with Crippen LogP contribution in [0.4, 0.5) is 0 Å². The van der Waals surface area contributed by atoms with Crippen molar-refractivity contribution in [3.05, 3.63) is 0 Å². The van der Waals surface area contributed by atoms with Crippen molar-refractivity contribution in [1.82, 2.24) is 10.2 Å². The van der Waals surface area contributed by atoms with Gasteiger partial charge in [0.05, 0.1) is 47.1 Å². The van der Waals surface area contributed by atoms with Gasteiger partial charge in [-0.25, -0.2) is 9.59 Å². The molecule has 3 saturated heterocycles. The van der Waals surface area contributed by atoms with E-state index in [4.69, 9.17) is 15.2 Å². The first kappa shape index (κ1) is 49.0. The number of aliphatic hydroxyl groups is 3. The Morgan fingerprint density at radius 3 is 1.80 bits per heavy atom. The first-order chi connectivity index (χ1) is 20.3. The number of carbonyl (C=O) groups excluding carboxylic acids is 4. The fraction of sp³-hybridized carbons (Fsp3) is 0.871. The molecule has 3 heterocycles. The summed E-state index contributed by atoms with van der Waals surface area (Å²) in [5.41, 5.74) is -1.83. The third-order valence-electron chi connectivity index (χ3n) is 8.53. The zero-order valence-electron chi connectivity index (χ0n) is 28.2. The molecule has 3 fully saturated rings. The van der Waals surface area contributed by atoms with Crippen molar-refractivity contribution < 1.29 is 69.7 Å². The minimum atomic E-state index is -1.77. The number of amides is 2. The number of hydrogen-bond donors (Lipinski definition) is 4. The van der Waals surface area contributed by atoms with Crippen LogP contribution in [0, 0.1) is 17.3 Å². The molecular weight excluding hydrogens is 709 g/mol. The number of halogens is 1. The van der Waals surface area contributed by atoms with Gasteiger partial charge in [0.1, 0.15) is 17.4 Å². The van der Waals surface area contributed by atoms with Crippen molar-refractivity contribution in [3.8, 4) is 0 Å². The number of ether oxygens (including phenoxy) is 3. The summed E-state index contributed by atoms with van der Waals surface area (Å²) in [7, 11) is 6.92. The van der Waals surface area contributed by atoms with Crippen LogP contribution in [0.1, 0.15) is 89.0 Å². The van der Waals surface area contributed by atoms with E-state index in [0.29, 0.717) is 19.3 Å². The molecule has 0 aliphatic carbocycles. The molecule has 12 nitrogen and oxygen atoms in total. The molecule has 0 saturated carbocycles. The van der Waals surface area contributed by atoms with Crippen LogP contribution in [0.15, 0.2) is 0 Å². The Balaban J connectivity index is -0.000000694. The maximum atomic E-state index is 13.0. The summed E-state index contributed by atoms with van der Waals surface area (Å²) in [5, 5.41) is 33.3. The number of rotatable bonds is 7. The number of fused-ring (bicyclic) bond motifs is 1. The number of hydrogen-bond acceptors (Lipinski definition) is 10. The monoisotopic (exact) mass is 769 g/mol. The Labute approximate surface area is 290 Å². The van der Waals surface area contributed by atoms with Crippen molar-refractivity contribution in [1.29, 1.82) is 0 Å². The summed E-state index contributed by atoms with van der Waals surface area (Å²) in [6.07, 6.45) is 1.85. The van der Waals surface area contributed by atoms with Gasteiger partial charge in [-0.3, -0.25) is 14.5 Å². The second-order valence-electron chi connectivity index (χ2n) is 12.3. The predicted molar refractivity (Wildman–Crippen MR) is 176 cm³/mol.